The highest BCUT2D eigenvalue weighted by atomic mass is 19.1. The summed E-state index contributed by atoms with van der Waals surface area (Å²) < 4.78 is 14.1. The normalized spacial score (nSPS) is 12.4. The fraction of sp³-hybridized carbons (Fsp3) is 0.0909. The molecule has 3 aromatic rings. The molecule has 3 aromatic carbocycles. The number of nitrogens with two attached hydrogens (primary N) is 1. The van der Waals surface area contributed by atoms with Gasteiger partial charge in [-0.15, -0.1) is 0 Å². The van der Waals surface area contributed by atoms with Crippen LogP contribution in [0.5, 0.6) is 0 Å². The van der Waals surface area contributed by atoms with Gasteiger partial charge in [-0.2, -0.15) is 0 Å². The van der Waals surface area contributed by atoms with Crippen molar-refractivity contribution in [1.29, 1.82) is 0 Å². The summed E-state index contributed by atoms with van der Waals surface area (Å²) in [6.07, 6.45) is 3.28. The van der Waals surface area contributed by atoms with Gasteiger partial charge in [-0.25, -0.2) is 4.39 Å². The number of benzene rings is 3. The van der Waals surface area contributed by atoms with Crippen molar-refractivity contribution in [2.45, 2.75) is 6.04 Å². The van der Waals surface area contributed by atoms with Crippen molar-refractivity contribution in [2.75, 3.05) is 7.05 Å². The van der Waals surface area contributed by atoms with Crippen LogP contribution in [0.15, 0.2) is 85.1 Å². The first-order valence-corrected chi connectivity index (χ1v) is 8.23. The van der Waals surface area contributed by atoms with Crippen LogP contribution in [-0.2, 0) is 0 Å². The molecule has 1 atom stereocenters. The summed E-state index contributed by atoms with van der Waals surface area (Å²) in [5, 5.41) is 3.12. The highest BCUT2D eigenvalue weighted by Gasteiger charge is 2.10. The monoisotopic (exact) mass is 332 g/mol. The van der Waals surface area contributed by atoms with E-state index in [0.29, 0.717) is 0 Å². The van der Waals surface area contributed by atoms with Crippen molar-refractivity contribution >= 4 is 0 Å². The summed E-state index contributed by atoms with van der Waals surface area (Å²) in [6, 6.07) is 23.3. The number of halogens is 1. The molecule has 0 aliphatic rings. The van der Waals surface area contributed by atoms with E-state index in [-0.39, 0.29) is 11.9 Å². The van der Waals surface area contributed by atoms with Crippen LogP contribution in [0.1, 0.15) is 11.6 Å². The second-order valence-corrected chi connectivity index (χ2v) is 5.87. The Bertz CT molecular complexity index is 855. The zero-order valence-electron chi connectivity index (χ0n) is 14.1. The Kier molecular flexibility index (Phi) is 5.26. The van der Waals surface area contributed by atoms with Crippen molar-refractivity contribution in [3.63, 3.8) is 0 Å². The zero-order valence-corrected chi connectivity index (χ0v) is 14.1. The Balaban J connectivity index is 1.95. The summed E-state index contributed by atoms with van der Waals surface area (Å²) in [4.78, 5) is 0. The molecule has 3 heteroatoms. The lowest BCUT2D eigenvalue weighted by Crippen LogP contribution is -2.14. The van der Waals surface area contributed by atoms with Crippen LogP contribution in [-0.4, -0.2) is 7.05 Å². The largest absolute Gasteiger partial charge is 0.405 e. The molecule has 1 unspecified atom stereocenters. The minimum Gasteiger partial charge on any atom is -0.405 e. The standard InChI is InChI=1S/C22H21FN2/c1-25-22(11-12-24)20-13-19(14-21(23)15-20)18-9-7-17(8-10-18)16-5-3-2-4-6-16/h2-15,22,25H,24H2,1H3/b12-11-. The van der Waals surface area contributed by atoms with Gasteiger partial charge < -0.3 is 11.1 Å². The molecular weight excluding hydrogens is 311 g/mol. The van der Waals surface area contributed by atoms with Crippen LogP contribution >= 0.6 is 0 Å². The third-order valence-electron chi connectivity index (χ3n) is 4.22. The molecule has 0 aliphatic heterocycles. The average Bonchev–Trinajstić information content (AvgIpc) is 2.66. The molecule has 0 amide bonds. The maximum atomic E-state index is 14.1. The molecule has 126 valence electrons. The van der Waals surface area contributed by atoms with Gasteiger partial charge in [0, 0.05) is 0 Å². The van der Waals surface area contributed by atoms with Crippen molar-refractivity contribution in [3.05, 3.63) is 96.5 Å². The van der Waals surface area contributed by atoms with Crippen molar-refractivity contribution in [3.8, 4) is 22.3 Å². The summed E-state index contributed by atoms with van der Waals surface area (Å²) >= 11 is 0. The Labute approximate surface area is 147 Å². The van der Waals surface area contributed by atoms with Crippen molar-refractivity contribution < 1.29 is 4.39 Å². The predicted octanol–water partition coefficient (Wildman–Crippen LogP) is 4.89. The maximum absolute atomic E-state index is 14.1. The number of nitrogens with one attached hydrogen (secondary N) is 1. The predicted molar refractivity (Wildman–Crippen MR) is 102 cm³/mol. The Morgan fingerprint density at radius 1 is 0.840 bits per heavy atom. The van der Waals surface area contributed by atoms with Crippen LogP contribution in [0, 0.1) is 5.82 Å². The average molecular weight is 332 g/mol. The topological polar surface area (TPSA) is 38.0 Å². The second kappa shape index (κ2) is 7.77. The Morgan fingerprint density at radius 2 is 1.44 bits per heavy atom. The molecule has 0 heterocycles. The van der Waals surface area contributed by atoms with Crippen LogP contribution in [0.4, 0.5) is 4.39 Å². The molecule has 0 fully saturated rings. The smallest absolute Gasteiger partial charge is 0.124 e. The van der Waals surface area contributed by atoms with E-state index in [2.05, 4.69) is 29.6 Å². The highest BCUT2D eigenvalue weighted by Crippen LogP contribution is 2.28. The van der Waals surface area contributed by atoms with Gasteiger partial charge in [-0.3, -0.25) is 0 Å². The zero-order chi connectivity index (χ0) is 17.6. The summed E-state index contributed by atoms with van der Waals surface area (Å²) in [7, 11) is 1.82. The summed E-state index contributed by atoms with van der Waals surface area (Å²) in [5.74, 6) is -0.259. The lowest BCUT2D eigenvalue weighted by molar-refractivity contribution is 0.619. The van der Waals surface area contributed by atoms with Crippen LogP contribution in [0.25, 0.3) is 22.3 Å². The van der Waals surface area contributed by atoms with Crippen LogP contribution in [0.2, 0.25) is 0 Å². The van der Waals surface area contributed by atoms with Crippen molar-refractivity contribution in [2.24, 2.45) is 5.73 Å². The lowest BCUT2D eigenvalue weighted by Gasteiger charge is -2.14. The fourth-order valence-electron chi connectivity index (χ4n) is 2.93. The third kappa shape index (κ3) is 3.95. The SMILES string of the molecule is CNC(/C=C\N)c1cc(F)cc(-c2ccc(-c3ccccc3)cc2)c1. The number of rotatable bonds is 5. The van der Waals surface area contributed by atoms with Crippen LogP contribution < -0.4 is 11.1 Å². The summed E-state index contributed by atoms with van der Waals surface area (Å²) in [6.45, 7) is 0. The molecule has 25 heavy (non-hydrogen) atoms. The van der Waals surface area contributed by atoms with E-state index in [4.69, 9.17) is 5.73 Å². The maximum Gasteiger partial charge on any atom is 0.124 e. The van der Waals surface area contributed by atoms with E-state index < -0.39 is 0 Å². The van der Waals surface area contributed by atoms with Gasteiger partial charge in [0.25, 0.3) is 0 Å². The minimum absolute atomic E-state index is 0.122. The van der Waals surface area contributed by atoms with Gasteiger partial charge in [0.2, 0.25) is 0 Å². The summed E-state index contributed by atoms with van der Waals surface area (Å²) in [5.41, 5.74) is 10.5. The third-order valence-corrected chi connectivity index (χ3v) is 4.22. The van der Waals surface area contributed by atoms with Gasteiger partial charge in [-0.05, 0) is 65.3 Å². The second-order valence-electron chi connectivity index (χ2n) is 5.87. The van der Waals surface area contributed by atoms with E-state index in [0.717, 1.165) is 27.8 Å². The minimum atomic E-state index is -0.259. The van der Waals surface area contributed by atoms with Gasteiger partial charge in [-0.1, -0.05) is 54.6 Å². The number of likely N-dealkylation sites (N-methyl/N-ethyl adjacent to an activating group) is 1. The number of hydrogen-bond acceptors (Lipinski definition) is 2. The van der Waals surface area contributed by atoms with Gasteiger partial charge >= 0.3 is 0 Å². The highest BCUT2D eigenvalue weighted by molar-refractivity contribution is 5.70. The lowest BCUT2D eigenvalue weighted by atomic mass is 9.97. The molecule has 3 rings (SSSR count). The molecular formula is C22H21FN2. The molecule has 0 bridgehead atoms. The fourth-order valence-corrected chi connectivity index (χ4v) is 2.93. The molecule has 0 radical (unpaired) electrons. The molecule has 0 aromatic heterocycles. The molecule has 0 saturated carbocycles. The van der Waals surface area contributed by atoms with Crippen molar-refractivity contribution in [1.82, 2.24) is 5.32 Å². The van der Waals surface area contributed by atoms with Gasteiger partial charge in [0.05, 0.1) is 6.04 Å². The van der Waals surface area contributed by atoms with Crippen LogP contribution in [0.3, 0.4) is 0 Å². The molecule has 0 aliphatic carbocycles. The quantitative estimate of drug-likeness (QED) is 0.698. The molecule has 0 saturated heterocycles. The first-order valence-electron chi connectivity index (χ1n) is 8.23. The van der Waals surface area contributed by atoms with E-state index in [1.807, 2.05) is 43.4 Å². The Morgan fingerprint density at radius 3 is 2.04 bits per heavy atom. The molecule has 2 nitrogen and oxygen atoms in total. The first-order chi connectivity index (χ1) is 12.2. The molecule has 3 N–H and O–H groups in total. The van der Waals surface area contributed by atoms with E-state index >= 15 is 0 Å². The Hall–Kier alpha value is -2.91. The van der Waals surface area contributed by atoms with Gasteiger partial charge in [0.15, 0.2) is 0 Å². The first kappa shape index (κ1) is 16.9. The number of hydrogen-bond donors (Lipinski definition) is 2. The van der Waals surface area contributed by atoms with E-state index in [1.54, 1.807) is 12.1 Å². The van der Waals surface area contributed by atoms with Gasteiger partial charge in [0.1, 0.15) is 5.82 Å². The van der Waals surface area contributed by atoms with E-state index in [9.17, 15) is 4.39 Å². The van der Waals surface area contributed by atoms with E-state index in [1.165, 1.54) is 12.3 Å². The molecule has 0 spiro atoms.